The fraction of sp³-hybridized carbons (Fsp3) is 0.714. The molecule has 10 heteroatoms. The monoisotopic (exact) mass is 752 g/mol. The molecule has 0 saturated heterocycles. The first-order chi connectivity index (χ1) is 25.2. The van der Waals surface area contributed by atoms with Crippen LogP contribution in [-0.4, -0.2) is 68.3 Å². The van der Waals surface area contributed by atoms with Gasteiger partial charge in [-0.15, -0.1) is 0 Å². The maximum absolute atomic E-state index is 12.6. The molecule has 2 unspecified atom stereocenters. The number of hydrogen-bond acceptors (Lipinski definition) is 8. The zero-order valence-corrected chi connectivity index (χ0v) is 34.1. The molecule has 0 heterocycles. The number of allylic oxidation sites excluding steroid dienone is 10. The second kappa shape index (κ2) is 37.0. The molecule has 0 aliphatic rings. The van der Waals surface area contributed by atoms with Crippen LogP contribution in [0, 0.1) is 0 Å². The maximum atomic E-state index is 12.6. The molecule has 0 radical (unpaired) electrons. The van der Waals surface area contributed by atoms with Crippen molar-refractivity contribution in [3.8, 4) is 0 Å². The van der Waals surface area contributed by atoms with Gasteiger partial charge in [0.15, 0.2) is 6.10 Å². The summed E-state index contributed by atoms with van der Waals surface area (Å²) in [6.07, 6.45) is 41.3. The maximum Gasteiger partial charge on any atom is 0.472 e. The number of ether oxygens (including phenoxy) is 2. The van der Waals surface area contributed by atoms with Crippen molar-refractivity contribution >= 4 is 19.8 Å². The summed E-state index contributed by atoms with van der Waals surface area (Å²) in [4.78, 5) is 36.9. The number of carbonyl (C=O) groups is 2. The number of nitrogens with zero attached hydrogens (tertiary/aromatic N) is 1. The van der Waals surface area contributed by atoms with Gasteiger partial charge in [-0.25, -0.2) is 4.57 Å². The van der Waals surface area contributed by atoms with Crippen molar-refractivity contribution < 1.29 is 37.6 Å². The normalized spacial score (nSPS) is 14.1. The van der Waals surface area contributed by atoms with Crippen molar-refractivity contribution in [2.24, 2.45) is 0 Å². The summed E-state index contributed by atoms with van der Waals surface area (Å²) < 4.78 is 33.3. The van der Waals surface area contributed by atoms with E-state index in [2.05, 4.69) is 68.5 Å². The first-order valence-corrected chi connectivity index (χ1v) is 21.6. The second-order valence-electron chi connectivity index (χ2n) is 13.4. The van der Waals surface area contributed by atoms with Crippen LogP contribution in [-0.2, 0) is 32.7 Å². The number of esters is 2. The van der Waals surface area contributed by atoms with Gasteiger partial charge in [0.05, 0.1) is 13.2 Å². The fourth-order valence-corrected chi connectivity index (χ4v) is 5.76. The molecular formula is C42H74NO8P. The lowest BCUT2D eigenvalue weighted by atomic mass is 10.0. The highest BCUT2D eigenvalue weighted by Gasteiger charge is 2.26. The Morgan fingerprint density at radius 2 is 1.10 bits per heavy atom. The predicted octanol–water partition coefficient (Wildman–Crippen LogP) is 11.1. The van der Waals surface area contributed by atoms with Gasteiger partial charge in [-0.05, 0) is 65.5 Å². The van der Waals surface area contributed by atoms with Crippen LogP contribution in [0.2, 0.25) is 0 Å². The van der Waals surface area contributed by atoms with Gasteiger partial charge in [-0.3, -0.25) is 18.6 Å². The summed E-state index contributed by atoms with van der Waals surface area (Å²) in [5, 5.41) is 0. The highest BCUT2D eigenvalue weighted by Crippen LogP contribution is 2.43. The van der Waals surface area contributed by atoms with Gasteiger partial charge < -0.3 is 19.3 Å². The molecule has 1 N–H and O–H groups in total. The van der Waals surface area contributed by atoms with Gasteiger partial charge in [-0.1, -0.05) is 145 Å². The molecule has 0 fully saturated rings. The molecule has 2 atom stereocenters. The zero-order valence-electron chi connectivity index (χ0n) is 33.2. The van der Waals surface area contributed by atoms with Crippen molar-refractivity contribution in [2.75, 3.05) is 40.5 Å². The van der Waals surface area contributed by atoms with E-state index in [-0.39, 0.29) is 26.1 Å². The van der Waals surface area contributed by atoms with E-state index in [1.54, 1.807) is 4.90 Å². The predicted molar refractivity (Wildman–Crippen MR) is 215 cm³/mol. The van der Waals surface area contributed by atoms with Crippen molar-refractivity contribution in [1.82, 2.24) is 4.90 Å². The van der Waals surface area contributed by atoms with Crippen molar-refractivity contribution in [1.29, 1.82) is 0 Å². The van der Waals surface area contributed by atoms with Crippen molar-refractivity contribution in [3.63, 3.8) is 0 Å². The minimum absolute atomic E-state index is 0.00291. The number of carbonyl (C=O) groups excluding carboxylic acids is 2. The van der Waals surface area contributed by atoms with Crippen molar-refractivity contribution in [2.45, 2.75) is 155 Å². The minimum atomic E-state index is -4.37. The first-order valence-electron chi connectivity index (χ1n) is 20.1. The van der Waals surface area contributed by atoms with Crippen LogP contribution in [0.1, 0.15) is 149 Å². The third kappa shape index (κ3) is 37.5. The summed E-state index contributed by atoms with van der Waals surface area (Å²) >= 11 is 0. The Labute approximate surface area is 317 Å². The standard InChI is InChI=1S/C42H74NO8P/c1-5-7-9-11-13-15-17-19-20-21-22-23-25-26-28-30-32-34-41(44)48-38-40(39-50-52(46,47)49-37-36-43(3)4)51-42(45)35-33-31-29-27-24-18-16-14-12-10-8-6-2/h7,9,13,15,19-20,22-23,26,28,40H,5-6,8,10-12,14,16-18,21,24-25,27,29-39H2,1-4H3,(H,46,47)/b9-7-,15-13-,20-19-,23-22-,28-26-. The van der Waals surface area contributed by atoms with Gasteiger partial charge in [0.1, 0.15) is 6.61 Å². The van der Waals surface area contributed by atoms with E-state index < -0.39 is 32.5 Å². The Morgan fingerprint density at radius 1 is 0.615 bits per heavy atom. The van der Waals surface area contributed by atoms with E-state index in [1.165, 1.54) is 51.4 Å². The quantitative estimate of drug-likeness (QED) is 0.0289. The summed E-state index contributed by atoms with van der Waals surface area (Å²) in [6.45, 7) is 4.12. The Morgan fingerprint density at radius 3 is 1.62 bits per heavy atom. The molecule has 9 nitrogen and oxygen atoms in total. The number of likely N-dealkylation sites (N-methyl/N-ethyl adjacent to an activating group) is 1. The topological polar surface area (TPSA) is 112 Å². The van der Waals surface area contributed by atoms with Crippen LogP contribution in [0.25, 0.3) is 0 Å². The Balaban J connectivity index is 4.43. The lowest BCUT2D eigenvalue weighted by Gasteiger charge is -2.20. The van der Waals surface area contributed by atoms with Crippen LogP contribution < -0.4 is 0 Å². The average molecular weight is 752 g/mol. The molecule has 52 heavy (non-hydrogen) atoms. The summed E-state index contributed by atoms with van der Waals surface area (Å²) in [7, 11) is -0.738. The van der Waals surface area contributed by atoms with Gasteiger partial charge in [0.25, 0.3) is 0 Å². The van der Waals surface area contributed by atoms with Gasteiger partial charge in [0, 0.05) is 19.4 Å². The second-order valence-corrected chi connectivity index (χ2v) is 14.9. The van der Waals surface area contributed by atoms with E-state index >= 15 is 0 Å². The van der Waals surface area contributed by atoms with Crippen LogP contribution in [0.15, 0.2) is 60.8 Å². The lowest BCUT2D eigenvalue weighted by molar-refractivity contribution is -0.161. The molecule has 0 rings (SSSR count). The Hall–Kier alpha value is -2.29. The number of phosphoric acid groups is 1. The van der Waals surface area contributed by atoms with Crippen LogP contribution in [0.5, 0.6) is 0 Å². The van der Waals surface area contributed by atoms with Crippen LogP contribution >= 0.6 is 7.82 Å². The summed E-state index contributed by atoms with van der Waals surface area (Å²) in [6, 6.07) is 0. The third-order valence-electron chi connectivity index (χ3n) is 8.09. The largest absolute Gasteiger partial charge is 0.472 e. The van der Waals surface area contributed by atoms with Crippen molar-refractivity contribution in [3.05, 3.63) is 60.8 Å². The molecular weight excluding hydrogens is 677 g/mol. The van der Waals surface area contributed by atoms with Gasteiger partial charge in [-0.2, -0.15) is 0 Å². The zero-order chi connectivity index (χ0) is 38.4. The minimum Gasteiger partial charge on any atom is -0.462 e. The van der Waals surface area contributed by atoms with E-state index in [4.69, 9.17) is 18.5 Å². The van der Waals surface area contributed by atoms with E-state index in [0.717, 1.165) is 57.8 Å². The lowest BCUT2D eigenvalue weighted by Crippen LogP contribution is -2.29. The molecule has 0 aromatic heterocycles. The van der Waals surface area contributed by atoms with E-state index in [0.29, 0.717) is 19.4 Å². The molecule has 0 aliphatic heterocycles. The third-order valence-corrected chi connectivity index (χ3v) is 9.07. The highest BCUT2D eigenvalue weighted by molar-refractivity contribution is 7.47. The fourth-order valence-electron chi connectivity index (χ4n) is 5.02. The molecule has 0 aromatic carbocycles. The molecule has 0 spiro atoms. The smallest absolute Gasteiger partial charge is 0.462 e. The highest BCUT2D eigenvalue weighted by atomic mass is 31.2. The van der Waals surface area contributed by atoms with E-state index in [1.807, 2.05) is 20.2 Å². The van der Waals surface area contributed by atoms with Gasteiger partial charge in [0.2, 0.25) is 0 Å². The summed E-state index contributed by atoms with van der Waals surface area (Å²) in [5.41, 5.74) is 0. The van der Waals surface area contributed by atoms with E-state index in [9.17, 15) is 19.0 Å². The molecule has 0 saturated carbocycles. The molecule has 0 bridgehead atoms. The number of rotatable bonds is 36. The van der Waals surface area contributed by atoms with Crippen LogP contribution in [0.3, 0.4) is 0 Å². The SMILES string of the molecule is CC/C=C\C/C=C\C/C=C\C/C=C\C/C=C\CCCC(=O)OCC(COP(=O)(O)OCCN(C)C)OC(=O)CCCCCCCCCCCCCC. The molecule has 0 aromatic rings. The van der Waals surface area contributed by atoms with Crippen LogP contribution in [0.4, 0.5) is 0 Å². The Kier molecular flexibility index (Phi) is 35.4. The number of hydrogen-bond donors (Lipinski definition) is 1. The van der Waals surface area contributed by atoms with Gasteiger partial charge >= 0.3 is 19.8 Å². The number of phosphoric ester groups is 1. The average Bonchev–Trinajstić information content (AvgIpc) is 3.11. The summed E-state index contributed by atoms with van der Waals surface area (Å²) in [5.74, 6) is -0.875. The Bertz CT molecular complexity index is 1050. The molecule has 0 aliphatic carbocycles. The number of unbranched alkanes of at least 4 members (excludes halogenated alkanes) is 12. The molecule has 0 amide bonds. The first kappa shape index (κ1) is 49.7. The molecule has 300 valence electrons.